The monoisotopic (exact) mass is 239 g/mol. The van der Waals surface area contributed by atoms with E-state index in [9.17, 15) is 4.79 Å². The van der Waals surface area contributed by atoms with Crippen LogP contribution in [0, 0.1) is 13.8 Å². The minimum Gasteiger partial charge on any atom is -0.294 e. The summed E-state index contributed by atoms with van der Waals surface area (Å²) in [5.74, 6) is 0.207. The van der Waals surface area contributed by atoms with E-state index < -0.39 is 0 Å². The predicted molar refractivity (Wildman–Crippen MR) is 72.8 cm³/mol. The number of benzene rings is 1. The van der Waals surface area contributed by atoms with E-state index in [0.717, 1.165) is 28.7 Å². The first-order valence-electron chi connectivity index (χ1n) is 6.15. The first kappa shape index (κ1) is 12.5. The van der Waals surface area contributed by atoms with E-state index in [2.05, 4.69) is 11.1 Å². The molecule has 1 aromatic carbocycles. The molecule has 0 saturated heterocycles. The maximum absolute atomic E-state index is 12.1. The van der Waals surface area contributed by atoms with Crippen molar-refractivity contribution in [2.45, 2.75) is 26.7 Å². The van der Waals surface area contributed by atoms with Gasteiger partial charge in [0, 0.05) is 24.4 Å². The lowest BCUT2D eigenvalue weighted by Gasteiger charge is -2.04. The number of nitrogens with zero attached hydrogens (tertiary/aromatic N) is 1. The molecule has 92 valence electrons. The molecule has 0 aliphatic carbocycles. The Labute approximate surface area is 108 Å². The molecule has 2 aromatic rings. The summed E-state index contributed by atoms with van der Waals surface area (Å²) in [7, 11) is 0. The number of rotatable bonds is 4. The van der Waals surface area contributed by atoms with Crippen LogP contribution < -0.4 is 0 Å². The lowest BCUT2D eigenvalue weighted by molar-refractivity contribution is 0.0982. The Morgan fingerprint density at radius 2 is 1.67 bits per heavy atom. The Morgan fingerprint density at radius 3 is 2.28 bits per heavy atom. The van der Waals surface area contributed by atoms with Gasteiger partial charge in [0.1, 0.15) is 0 Å². The predicted octanol–water partition coefficient (Wildman–Crippen LogP) is 3.51. The summed E-state index contributed by atoms with van der Waals surface area (Å²) in [6.45, 7) is 4.04. The van der Waals surface area contributed by atoms with Crippen LogP contribution in [-0.4, -0.2) is 10.8 Å². The Balaban J connectivity index is 2.04. The molecule has 0 N–H and O–H groups in total. The number of carbonyl (C=O) groups excluding carboxylic acids is 1. The van der Waals surface area contributed by atoms with Crippen LogP contribution >= 0.6 is 0 Å². The van der Waals surface area contributed by atoms with Crippen LogP contribution in [0.4, 0.5) is 0 Å². The highest BCUT2D eigenvalue weighted by Gasteiger charge is 2.07. The van der Waals surface area contributed by atoms with E-state index in [1.165, 1.54) is 0 Å². The van der Waals surface area contributed by atoms with Crippen molar-refractivity contribution in [2.75, 3.05) is 0 Å². The molecule has 2 nitrogen and oxygen atoms in total. The standard InChI is InChI=1S/C16H17NO/c1-12-9-13(2)11-15(10-12)16(18)4-3-14-5-7-17-8-6-14/h5-11H,3-4H2,1-2H3. The van der Waals surface area contributed by atoms with Crippen LogP contribution in [0.25, 0.3) is 0 Å². The summed E-state index contributed by atoms with van der Waals surface area (Å²) in [5, 5.41) is 0. The van der Waals surface area contributed by atoms with Gasteiger partial charge in [0.05, 0.1) is 0 Å². The molecule has 1 heterocycles. The highest BCUT2D eigenvalue weighted by Crippen LogP contribution is 2.12. The van der Waals surface area contributed by atoms with Crippen LogP contribution in [0.1, 0.15) is 33.5 Å². The highest BCUT2D eigenvalue weighted by atomic mass is 16.1. The van der Waals surface area contributed by atoms with Gasteiger partial charge in [-0.25, -0.2) is 0 Å². The number of hydrogen-bond donors (Lipinski definition) is 0. The Hall–Kier alpha value is -1.96. The quantitative estimate of drug-likeness (QED) is 0.764. The topological polar surface area (TPSA) is 30.0 Å². The van der Waals surface area contributed by atoms with Crippen molar-refractivity contribution in [1.29, 1.82) is 0 Å². The summed E-state index contributed by atoms with van der Waals surface area (Å²) < 4.78 is 0. The van der Waals surface area contributed by atoms with Crippen molar-refractivity contribution in [1.82, 2.24) is 4.98 Å². The van der Waals surface area contributed by atoms with Crippen LogP contribution in [0.5, 0.6) is 0 Å². The molecule has 0 unspecified atom stereocenters. The van der Waals surface area contributed by atoms with Crippen LogP contribution in [0.3, 0.4) is 0 Å². The summed E-state index contributed by atoms with van der Waals surface area (Å²) in [6.07, 6.45) is 4.84. The molecule has 2 heteroatoms. The van der Waals surface area contributed by atoms with E-state index >= 15 is 0 Å². The molecule has 0 atom stereocenters. The van der Waals surface area contributed by atoms with Crippen LogP contribution in [0.2, 0.25) is 0 Å². The van der Waals surface area contributed by atoms with Crippen molar-refractivity contribution in [2.24, 2.45) is 0 Å². The van der Waals surface area contributed by atoms with E-state index in [1.807, 2.05) is 38.1 Å². The first-order valence-corrected chi connectivity index (χ1v) is 6.15. The molecule has 0 spiro atoms. The fourth-order valence-corrected chi connectivity index (χ4v) is 2.09. The first-order chi connectivity index (χ1) is 8.65. The molecule has 0 radical (unpaired) electrons. The number of aryl methyl sites for hydroxylation is 3. The lowest BCUT2D eigenvalue weighted by atomic mass is 10.00. The van der Waals surface area contributed by atoms with Crippen molar-refractivity contribution in [3.63, 3.8) is 0 Å². The normalized spacial score (nSPS) is 10.3. The Bertz CT molecular complexity index is 526. The third-order valence-electron chi connectivity index (χ3n) is 2.93. The minimum absolute atomic E-state index is 0.207. The van der Waals surface area contributed by atoms with E-state index in [4.69, 9.17) is 0 Å². The molecule has 0 aliphatic heterocycles. The molecule has 1 aromatic heterocycles. The molecule has 0 aliphatic rings. The fraction of sp³-hybridized carbons (Fsp3) is 0.250. The van der Waals surface area contributed by atoms with Crippen molar-refractivity contribution < 1.29 is 4.79 Å². The second kappa shape index (κ2) is 5.58. The van der Waals surface area contributed by atoms with E-state index in [1.54, 1.807) is 12.4 Å². The summed E-state index contributed by atoms with van der Waals surface area (Å²) >= 11 is 0. The minimum atomic E-state index is 0.207. The van der Waals surface area contributed by atoms with Gasteiger partial charge >= 0.3 is 0 Å². The number of pyridine rings is 1. The largest absolute Gasteiger partial charge is 0.294 e. The van der Waals surface area contributed by atoms with Gasteiger partial charge in [0.25, 0.3) is 0 Å². The highest BCUT2D eigenvalue weighted by molar-refractivity contribution is 5.96. The molecule has 0 amide bonds. The number of aromatic nitrogens is 1. The molecule has 0 fully saturated rings. The molecular formula is C16H17NO. The fourth-order valence-electron chi connectivity index (χ4n) is 2.09. The second-order valence-electron chi connectivity index (χ2n) is 4.66. The van der Waals surface area contributed by atoms with Crippen molar-refractivity contribution in [3.8, 4) is 0 Å². The number of hydrogen-bond acceptors (Lipinski definition) is 2. The van der Waals surface area contributed by atoms with Crippen molar-refractivity contribution >= 4 is 5.78 Å². The van der Waals surface area contributed by atoms with Gasteiger partial charge in [-0.3, -0.25) is 9.78 Å². The molecule has 0 bridgehead atoms. The van der Waals surface area contributed by atoms with Gasteiger partial charge in [-0.2, -0.15) is 0 Å². The smallest absolute Gasteiger partial charge is 0.163 e. The zero-order chi connectivity index (χ0) is 13.0. The van der Waals surface area contributed by atoms with E-state index in [-0.39, 0.29) is 5.78 Å². The zero-order valence-electron chi connectivity index (χ0n) is 10.8. The number of Topliss-reactive ketones (excluding diaryl/α,β-unsaturated/α-hetero) is 1. The van der Waals surface area contributed by atoms with Gasteiger partial charge in [-0.15, -0.1) is 0 Å². The summed E-state index contributed by atoms with van der Waals surface area (Å²) in [5.41, 5.74) is 4.26. The average Bonchev–Trinajstić information content (AvgIpc) is 2.36. The van der Waals surface area contributed by atoms with Crippen LogP contribution in [0.15, 0.2) is 42.7 Å². The Kier molecular flexibility index (Phi) is 3.88. The van der Waals surface area contributed by atoms with Gasteiger partial charge in [0.2, 0.25) is 0 Å². The van der Waals surface area contributed by atoms with Gasteiger partial charge in [-0.1, -0.05) is 17.2 Å². The van der Waals surface area contributed by atoms with Gasteiger partial charge < -0.3 is 0 Å². The summed E-state index contributed by atoms with van der Waals surface area (Å²) in [4.78, 5) is 16.1. The molecule has 2 rings (SSSR count). The molecular weight excluding hydrogens is 222 g/mol. The zero-order valence-corrected chi connectivity index (χ0v) is 10.8. The summed E-state index contributed by atoms with van der Waals surface area (Å²) in [6, 6.07) is 9.91. The van der Waals surface area contributed by atoms with Gasteiger partial charge in [-0.05, 0) is 50.1 Å². The van der Waals surface area contributed by atoms with E-state index in [0.29, 0.717) is 6.42 Å². The third-order valence-corrected chi connectivity index (χ3v) is 2.93. The third kappa shape index (κ3) is 3.27. The van der Waals surface area contributed by atoms with Gasteiger partial charge in [0.15, 0.2) is 5.78 Å². The number of carbonyl (C=O) groups is 1. The molecule has 18 heavy (non-hydrogen) atoms. The SMILES string of the molecule is Cc1cc(C)cc(C(=O)CCc2ccncc2)c1. The average molecular weight is 239 g/mol. The lowest BCUT2D eigenvalue weighted by Crippen LogP contribution is -2.02. The maximum Gasteiger partial charge on any atom is 0.163 e. The van der Waals surface area contributed by atoms with Crippen molar-refractivity contribution in [3.05, 3.63) is 65.0 Å². The Morgan fingerprint density at radius 1 is 1.06 bits per heavy atom. The number of ketones is 1. The van der Waals surface area contributed by atoms with Crippen LogP contribution in [-0.2, 0) is 6.42 Å². The molecule has 0 saturated carbocycles. The maximum atomic E-state index is 12.1. The second-order valence-corrected chi connectivity index (χ2v) is 4.66.